The Hall–Kier alpha value is -2.29. The number of ether oxygens (including phenoxy) is 1. The van der Waals surface area contributed by atoms with Gasteiger partial charge < -0.3 is 10.1 Å². The van der Waals surface area contributed by atoms with Crippen LogP contribution in [0.15, 0.2) is 4.99 Å². The van der Waals surface area contributed by atoms with Crippen LogP contribution in [0.5, 0.6) is 0 Å². The fourth-order valence-corrected chi connectivity index (χ4v) is 3.65. The molecule has 22 heavy (non-hydrogen) atoms. The lowest BCUT2D eigenvalue weighted by Crippen LogP contribution is -2.09. The molecule has 8 nitrogen and oxygen atoms in total. The zero-order valence-corrected chi connectivity index (χ0v) is 12.9. The number of esters is 1. The van der Waals surface area contributed by atoms with Gasteiger partial charge in [0, 0.05) is 4.88 Å². The fraction of sp³-hybridized carbons (Fsp3) is 0.462. The number of tetrazole rings is 1. The van der Waals surface area contributed by atoms with Crippen LogP contribution < -0.4 is 5.32 Å². The lowest BCUT2D eigenvalue weighted by Gasteiger charge is -2.11. The lowest BCUT2D eigenvalue weighted by molar-refractivity contribution is 0.0526. The van der Waals surface area contributed by atoms with Gasteiger partial charge in [0.25, 0.3) is 0 Å². The van der Waals surface area contributed by atoms with E-state index in [1.807, 2.05) is 0 Å². The molecule has 3 rings (SSSR count). The molecule has 2 aromatic heterocycles. The van der Waals surface area contributed by atoms with Crippen LogP contribution in [-0.4, -0.2) is 39.5 Å². The van der Waals surface area contributed by atoms with Crippen molar-refractivity contribution in [1.29, 1.82) is 0 Å². The Morgan fingerprint density at radius 2 is 2.36 bits per heavy atom. The van der Waals surface area contributed by atoms with E-state index in [1.165, 1.54) is 11.2 Å². The van der Waals surface area contributed by atoms with Crippen molar-refractivity contribution >= 4 is 34.6 Å². The van der Waals surface area contributed by atoms with Crippen LogP contribution in [0.2, 0.25) is 0 Å². The second-order valence-electron chi connectivity index (χ2n) is 4.76. The Bertz CT molecular complexity index is 679. The number of rotatable bonds is 5. The lowest BCUT2D eigenvalue weighted by atomic mass is 9.95. The quantitative estimate of drug-likeness (QED) is 0.496. The van der Waals surface area contributed by atoms with E-state index in [2.05, 4.69) is 30.9 Å². The van der Waals surface area contributed by atoms with E-state index in [1.54, 1.807) is 18.3 Å². The third kappa shape index (κ3) is 2.98. The molecule has 1 aliphatic carbocycles. The molecule has 0 bridgehead atoms. The van der Waals surface area contributed by atoms with Crippen molar-refractivity contribution in [1.82, 2.24) is 20.6 Å². The van der Waals surface area contributed by atoms with Crippen molar-refractivity contribution in [3.8, 4) is 0 Å². The summed E-state index contributed by atoms with van der Waals surface area (Å²) in [6, 6.07) is 0. The minimum absolute atomic E-state index is 0.296. The smallest absolute Gasteiger partial charge is 0.341 e. The van der Waals surface area contributed by atoms with Crippen molar-refractivity contribution in [2.24, 2.45) is 4.99 Å². The number of hydrogen-bond donors (Lipinski definition) is 2. The number of carbonyl (C=O) groups excluding carboxylic acids is 1. The first-order valence-electron chi connectivity index (χ1n) is 7.14. The van der Waals surface area contributed by atoms with E-state index in [9.17, 15) is 4.79 Å². The van der Waals surface area contributed by atoms with Gasteiger partial charge in [-0.05, 0) is 48.6 Å². The number of nitrogens with zero attached hydrogens (tertiary/aromatic N) is 4. The van der Waals surface area contributed by atoms with E-state index in [4.69, 9.17) is 4.74 Å². The first kappa shape index (κ1) is 14.6. The Balaban J connectivity index is 1.87. The summed E-state index contributed by atoms with van der Waals surface area (Å²) in [6.45, 7) is 2.16. The number of fused-ring (bicyclic) bond motifs is 1. The van der Waals surface area contributed by atoms with Crippen LogP contribution >= 0.6 is 11.3 Å². The molecule has 116 valence electrons. The monoisotopic (exact) mass is 320 g/mol. The van der Waals surface area contributed by atoms with Gasteiger partial charge in [-0.1, -0.05) is 5.10 Å². The Morgan fingerprint density at radius 3 is 3.14 bits per heavy atom. The highest BCUT2D eigenvalue weighted by Crippen LogP contribution is 2.40. The molecule has 0 unspecified atom stereocenters. The summed E-state index contributed by atoms with van der Waals surface area (Å²) in [6.07, 6.45) is 5.64. The number of H-pyrrole nitrogens is 1. The molecule has 0 saturated heterocycles. The molecule has 9 heteroatoms. The normalized spacial score (nSPS) is 14.0. The molecule has 2 heterocycles. The molecule has 0 amide bonds. The van der Waals surface area contributed by atoms with Crippen LogP contribution in [0, 0.1) is 0 Å². The number of hydrogen-bond acceptors (Lipinski definition) is 7. The predicted molar refractivity (Wildman–Crippen MR) is 82.9 cm³/mol. The molecule has 0 saturated carbocycles. The number of aryl methyl sites for hydroxylation is 1. The fourth-order valence-electron chi connectivity index (χ4n) is 2.43. The molecule has 1 aliphatic rings. The molecule has 0 fully saturated rings. The van der Waals surface area contributed by atoms with Gasteiger partial charge in [-0.25, -0.2) is 14.9 Å². The summed E-state index contributed by atoms with van der Waals surface area (Å²) in [4.78, 5) is 17.8. The maximum atomic E-state index is 12.2. The third-order valence-corrected chi connectivity index (χ3v) is 4.56. The number of nitrogens with one attached hydrogen (secondary N) is 2. The summed E-state index contributed by atoms with van der Waals surface area (Å²) >= 11 is 1.55. The number of thiophene rings is 1. The van der Waals surface area contributed by atoms with Gasteiger partial charge in [0.2, 0.25) is 5.95 Å². The Morgan fingerprint density at radius 1 is 1.50 bits per heavy atom. The van der Waals surface area contributed by atoms with Crippen LogP contribution in [0.3, 0.4) is 0 Å². The molecule has 2 aromatic rings. The number of aliphatic imine (C=N–C) groups is 1. The summed E-state index contributed by atoms with van der Waals surface area (Å²) in [7, 11) is 0. The molecular weight excluding hydrogens is 304 g/mol. The Kier molecular flexibility index (Phi) is 4.42. The molecule has 2 N–H and O–H groups in total. The van der Waals surface area contributed by atoms with Crippen LogP contribution in [0.25, 0.3) is 0 Å². The van der Waals surface area contributed by atoms with Gasteiger partial charge in [-0.15, -0.1) is 11.3 Å². The molecular formula is C13H16N6O2S. The van der Waals surface area contributed by atoms with Gasteiger partial charge in [-0.3, -0.25) is 0 Å². The number of aromatic nitrogens is 4. The largest absolute Gasteiger partial charge is 0.462 e. The first-order chi connectivity index (χ1) is 10.8. The summed E-state index contributed by atoms with van der Waals surface area (Å²) in [5, 5.41) is 16.7. The van der Waals surface area contributed by atoms with E-state index < -0.39 is 0 Å². The minimum atomic E-state index is -0.296. The van der Waals surface area contributed by atoms with Crippen LogP contribution in [0.1, 0.15) is 40.6 Å². The zero-order valence-electron chi connectivity index (χ0n) is 12.1. The predicted octanol–water partition coefficient (Wildman–Crippen LogP) is 2.09. The molecule has 0 aromatic carbocycles. The molecule has 0 spiro atoms. The summed E-state index contributed by atoms with van der Waals surface area (Å²) < 4.78 is 5.18. The van der Waals surface area contributed by atoms with Crippen LogP contribution in [0.4, 0.5) is 10.9 Å². The number of carbonyl (C=O) groups is 1. The highest BCUT2D eigenvalue weighted by Gasteiger charge is 2.25. The maximum absolute atomic E-state index is 12.2. The summed E-state index contributed by atoms with van der Waals surface area (Å²) in [5.41, 5.74) is 1.71. The standard InChI is InChI=1S/C13H16N6O2S/c1-2-21-12(20)10-8-5-3-4-6-9(8)22-11(10)14-7-15-13-16-18-19-17-13/h7H,2-6H2,1H3,(H2,14,15,16,17,18,19). The van der Waals surface area contributed by atoms with Crippen molar-refractivity contribution < 1.29 is 9.53 Å². The topological polar surface area (TPSA) is 105 Å². The maximum Gasteiger partial charge on any atom is 0.341 e. The summed E-state index contributed by atoms with van der Waals surface area (Å²) in [5.74, 6) is 0.0955. The highest BCUT2D eigenvalue weighted by atomic mass is 32.1. The number of aromatic amines is 1. The van der Waals surface area contributed by atoms with Gasteiger partial charge in [0.1, 0.15) is 5.00 Å². The van der Waals surface area contributed by atoms with Gasteiger partial charge in [-0.2, -0.15) is 0 Å². The van der Waals surface area contributed by atoms with Crippen molar-refractivity contribution in [3.05, 3.63) is 16.0 Å². The van der Waals surface area contributed by atoms with Crippen molar-refractivity contribution in [2.45, 2.75) is 32.6 Å². The SMILES string of the molecule is CCOC(=O)c1c(/N=C/Nc2nnn[nH]2)sc2c1CCCC2. The molecule has 0 aliphatic heterocycles. The van der Waals surface area contributed by atoms with Crippen molar-refractivity contribution in [3.63, 3.8) is 0 Å². The Labute approximate surface area is 131 Å². The van der Waals surface area contributed by atoms with E-state index in [-0.39, 0.29) is 5.97 Å². The average Bonchev–Trinajstić information content (AvgIpc) is 3.14. The zero-order chi connectivity index (χ0) is 15.4. The molecule has 0 radical (unpaired) electrons. The highest BCUT2D eigenvalue weighted by molar-refractivity contribution is 7.16. The van der Waals surface area contributed by atoms with E-state index in [0.717, 1.165) is 31.2 Å². The van der Waals surface area contributed by atoms with Crippen LogP contribution in [-0.2, 0) is 17.6 Å². The van der Waals surface area contributed by atoms with E-state index in [0.29, 0.717) is 23.1 Å². The molecule has 0 atom stereocenters. The minimum Gasteiger partial charge on any atom is -0.462 e. The van der Waals surface area contributed by atoms with E-state index >= 15 is 0 Å². The van der Waals surface area contributed by atoms with Gasteiger partial charge >= 0.3 is 5.97 Å². The first-order valence-corrected chi connectivity index (χ1v) is 7.95. The third-order valence-electron chi connectivity index (χ3n) is 3.36. The second-order valence-corrected chi connectivity index (χ2v) is 5.85. The average molecular weight is 320 g/mol. The van der Waals surface area contributed by atoms with Gasteiger partial charge in [0.15, 0.2) is 0 Å². The van der Waals surface area contributed by atoms with Crippen molar-refractivity contribution in [2.75, 3.05) is 11.9 Å². The number of anilines is 1. The second kappa shape index (κ2) is 6.65. The van der Waals surface area contributed by atoms with Gasteiger partial charge in [0.05, 0.1) is 18.5 Å².